The van der Waals surface area contributed by atoms with E-state index in [4.69, 9.17) is 9.84 Å². The monoisotopic (exact) mass is 420 g/mol. The minimum absolute atomic E-state index is 0.0204. The third-order valence-electron chi connectivity index (χ3n) is 3.82. The fourth-order valence-corrected chi connectivity index (χ4v) is 3.65. The molecule has 29 heavy (non-hydrogen) atoms. The normalized spacial score (nSPS) is 11.2. The molecule has 9 heteroatoms. The van der Waals surface area contributed by atoms with E-state index in [9.17, 15) is 18.0 Å². The van der Waals surface area contributed by atoms with Crippen molar-refractivity contribution in [2.75, 3.05) is 16.6 Å². The van der Waals surface area contributed by atoms with Crippen LogP contribution in [-0.4, -0.2) is 32.0 Å². The zero-order valence-electron chi connectivity index (χ0n) is 16.4. The Labute approximate surface area is 169 Å². The minimum Gasteiger partial charge on any atom is -0.482 e. The van der Waals surface area contributed by atoms with Gasteiger partial charge in [0, 0.05) is 17.8 Å². The zero-order valence-corrected chi connectivity index (χ0v) is 17.2. The highest BCUT2D eigenvalue weighted by molar-refractivity contribution is 7.92. The second-order valence-corrected chi connectivity index (χ2v) is 8.62. The van der Waals surface area contributed by atoms with Crippen LogP contribution in [0.5, 0.6) is 5.75 Å². The molecular formula is C20H24N2O6S. The van der Waals surface area contributed by atoms with E-state index in [1.807, 2.05) is 13.8 Å². The zero-order chi connectivity index (χ0) is 21.6. The SMILES string of the molecule is Cc1cc(S(=O)(=O)Nc2ccc(NC(=O)CC(C)C)cc2)ccc1OCC(=O)O. The van der Waals surface area contributed by atoms with E-state index in [1.54, 1.807) is 31.2 Å². The predicted molar refractivity (Wildman–Crippen MR) is 110 cm³/mol. The molecule has 0 bridgehead atoms. The lowest BCUT2D eigenvalue weighted by Gasteiger charge is -2.12. The number of anilines is 2. The molecule has 0 fully saturated rings. The van der Waals surface area contributed by atoms with Crippen LogP contribution in [0.15, 0.2) is 47.4 Å². The van der Waals surface area contributed by atoms with Crippen LogP contribution < -0.4 is 14.8 Å². The van der Waals surface area contributed by atoms with Crippen LogP contribution in [0.4, 0.5) is 11.4 Å². The second kappa shape index (κ2) is 9.42. The summed E-state index contributed by atoms with van der Waals surface area (Å²) in [6, 6.07) is 10.5. The number of sulfonamides is 1. The van der Waals surface area contributed by atoms with Crippen LogP contribution in [0, 0.1) is 12.8 Å². The highest BCUT2D eigenvalue weighted by Gasteiger charge is 2.16. The van der Waals surface area contributed by atoms with Crippen LogP contribution >= 0.6 is 0 Å². The summed E-state index contributed by atoms with van der Waals surface area (Å²) in [4.78, 5) is 22.4. The van der Waals surface area contributed by atoms with Crippen molar-refractivity contribution in [2.45, 2.75) is 32.1 Å². The summed E-state index contributed by atoms with van der Waals surface area (Å²) in [6.07, 6.45) is 0.403. The Balaban J connectivity index is 2.08. The van der Waals surface area contributed by atoms with Gasteiger partial charge in [-0.05, 0) is 60.9 Å². The van der Waals surface area contributed by atoms with Gasteiger partial charge in [-0.25, -0.2) is 13.2 Å². The third kappa shape index (κ3) is 6.79. The number of carbonyl (C=O) groups excluding carboxylic acids is 1. The van der Waals surface area contributed by atoms with Crippen LogP contribution in [0.25, 0.3) is 0 Å². The molecule has 0 atom stereocenters. The largest absolute Gasteiger partial charge is 0.482 e. The molecule has 2 aromatic carbocycles. The molecule has 0 saturated heterocycles. The van der Waals surface area contributed by atoms with Crippen LogP contribution in [0.2, 0.25) is 0 Å². The van der Waals surface area contributed by atoms with Gasteiger partial charge in [-0.3, -0.25) is 9.52 Å². The average molecular weight is 420 g/mol. The van der Waals surface area contributed by atoms with Crippen molar-refractivity contribution in [1.29, 1.82) is 0 Å². The van der Waals surface area contributed by atoms with Crippen molar-refractivity contribution in [2.24, 2.45) is 5.92 Å². The van der Waals surface area contributed by atoms with Crippen molar-refractivity contribution < 1.29 is 27.9 Å². The molecule has 1 amide bonds. The molecule has 0 unspecified atom stereocenters. The smallest absolute Gasteiger partial charge is 0.341 e. The Morgan fingerprint density at radius 3 is 2.24 bits per heavy atom. The Hall–Kier alpha value is -3.07. The first-order valence-corrected chi connectivity index (χ1v) is 10.4. The molecule has 8 nitrogen and oxygen atoms in total. The van der Waals surface area contributed by atoms with Gasteiger partial charge in [0.05, 0.1) is 4.90 Å². The summed E-state index contributed by atoms with van der Waals surface area (Å²) < 4.78 is 32.8. The molecule has 0 spiro atoms. The number of hydrogen-bond donors (Lipinski definition) is 3. The number of carbonyl (C=O) groups is 2. The van der Waals surface area contributed by atoms with Crippen LogP contribution in [0.3, 0.4) is 0 Å². The maximum absolute atomic E-state index is 12.6. The van der Waals surface area contributed by atoms with Gasteiger partial charge in [-0.15, -0.1) is 0 Å². The van der Waals surface area contributed by atoms with Crippen LogP contribution in [0.1, 0.15) is 25.8 Å². The number of carboxylic acid groups (broad SMARTS) is 1. The van der Waals surface area contributed by atoms with E-state index in [0.29, 0.717) is 29.1 Å². The summed E-state index contributed by atoms with van der Waals surface area (Å²) in [5.74, 6) is -0.682. The fraction of sp³-hybridized carbons (Fsp3) is 0.300. The molecular weight excluding hydrogens is 396 g/mol. The number of rotatable bonds is 9. The highest BCUT2D eigenvalue weighted by atomic mass is 32.2. The topological polar surface area (TPSA) is 122 Å². The summed E-state index contributed by atoms with van der Waals surface area (Å²) >= 11 is 0. The number of aryl methyl sites for hydroxylation is 1. The van der Waals surface area contributed by atoms with Gasteiger partial charge in [0.2, 0.25) is 5.91 Å². The number of amides is 1. The maximum Gasteiger partial charge on any atom is 0.341 e. The van der Waals surface area contributed by atoms with Crippen molar-refractivity contribution in [3.63, 3.8) is 0 Å². The molecule has 3 N–H and O–H groups in total. The van der Waals surface area contributed by atoms with E-state index in [1.165, 1.54) is 18.2 Å². The van der Waals surface area contributed by atoms with Crippen molar-refractivity contribution >= 4 is 33.3 Å². The van der Waals surface area contributed by atoms with Gasteiger partial charge in [0.25, 0.3) is 10.0 Å². The molecule has 0 aliphatic carbocycles. The molecule has 156 valence electrons. The Bertz CT molecular complexity index is 985. The number of aliphatic carboxylic acids is 1. The maximum atomic E-state index is 12.6. The van der Waals surface area contributed by atoms with Gasteiger partial charge in [0.1, 0.15) is 5.75 Å². The lowest BCUT2D eigenvalue weighted by Crippen LogP contribution is -2.15. The predicted octanol–water partition coefficient (Wildman–Crippen LogP) is 3.24. The number of carboxylic acids is 1. The Kier molecular flexibility index (Phi) is 7.22. The van der Waals surface area contributed by atoms with Crippen molar-refractivity contribution in [3.05, 3.63) is 48.0 Å². The average Bonchev–Trinajstić information content (AvgIpc) is 2.61. The highest BCUT2D eigenvalue weighted by Crippen LogP contribution is 2.24. The summed E-state index contributed by atoms with van der Waals surface area (Å²) in [5, 5.41) is 11.4. The van der Waals surface area contributed by atoms with Crippen molar-refractivity contribution in [3.8, 4) is 5.75 Å². The lowest BCUT2D eigenvalue weighted by atomic mass is 10.1. The molecule has 2 rings (SSSR count). The molecule has 0 aliphatic heterocycles. The molecule has 2 aromatic rings. The second-order valence-electron chi connectivity index (χ2n) is 6.94. The van der Waals surface area contributed by atoms with E-state index >= 15 is 0 Å². The third-order valence-corrected chi connectivity index (χ3v) is 5.20. The molecule has 0 radical (unpaired) electrons. The van der Waals surface area contributed by atoms with Crippen molar-refractivity contribution in [1.82, 2.24) is 0 Å². The minimum atomic E-state index is -3.84. The van der Waals surface area contributed by atoms with Gasteiger partial charge in [0.15, 0.2) is 6.61 Å². The molecule has 0 aliphatic rings. The number of benzene rings is 2. The van der Waals surface area contributed by atoms with E-state index in [2.05, 4.69) is 10.0 Å². The summed E-state index contributed by atoms with van der Waals surface area (Å²) in [7, 11) is -3.84. The summed E-state index contributed by atoms with van der Waals surface area (Å²) in [5.41, 5.74) is 1.42. The first kappa shape index (κ1) is 22.2. The number of ether oxygens (including phenoxy) is 1. The van der Waals surface area contributed by atoms with Crippen LogP contribution in [-0.2, 0) is 19.6 Å². The Morgan fingerprint density at radius 1 is 1.07 bits per heavy atom. The van der Waals surface area contributed by atoms with Gasteiger partial charge in [-0.2, -0.15) is 0 Å². The van der Waals surface area contributed by atoms with Gasteiger partial charge < -0.3 is 15.2 Å². The number of hydrogen-bond acceptors (Lipinski definition) is 5. The molecule has 0 saturated carbocycles. The summed E-state index contributed by atoms with van der Waals surface area (Å²) in [6.45, 7) is 5.02. The lowest BCUT2D eigenvalue weighted by molar-refractivity contribution is -0.139. The van der Waals surface area contributed by atoms with Gasteiger partial charge >= 0.3 is 5.97 Å². The Morgan fingerprint density at radius 2 is 1.69 bits per heavy atom. The standard InChI is InChI=1S/C20H24N2O6S/c1-13(2)10-19(23)21-15-4-6-16(7-5-15)22-29(26,27)17-8-9-18(14(3)11-17)28-12-20(24)25/h4-9,11,13,22H,10,12H2,1-3H3,(H,21,23)(H,24,25). The van der Waals surface area contributed by atoms with E-state index in [-0.39, 0.29) is 16.7 Å². The number of nitrogens with one attached hydrogen (secondary N) is 2. The first-order valence-electron chi connectivity index (χ1n) is 8.95. The van der Waals surface area contributed by atoms with E-state index < -0.39 is 22.6 Å². The molecule has 0 aromatic heterocycles. The fourth-order valence-electron chi connectivity index (χ4n) is 2.51. The van der Waals surface area contributed by atoms with E-state index in [0.717, 1.165) is 0 Å². The quantitative estimate of drug-likeness (QED) is 0.572. The van der Waals surface area contributed by atoms with Gasteiger partial charge in [-0.1, -0.05) is 13.8 Å². The molecule has 0 heterocycles. The first-order chi connectivity index (χ1) is 13.6.